The van der Waals surface area contributed by atoms with E-state index in [0.717, 1.165) is 18.7 Å². The zero-order valence-corrected chi connectivity index (χ0v) is 14.7. The average molecular weight is 368 g/mol. The fourth-order valence-corrected chi connectivity index (χ4v) is 2.70. The van der Waals surface area contributed by atoms with Crippen LogP contribution in [-0.4, -0.2) is 32.1 Å². The van der Waals surface area contributed by atoms with Gasteiger partial charge in [0.15, 0.2) is 0 Å². The second kappa shape index (κ2) is 9.58. The lowest BCUT2D eigenvalue weighted by Gasteiger charge is -2.25. The van der Waals surface area contributed by atoms with E-state index in [-0.39, 0.29) is 30.3 Å². The minimum atomic E-state index is -0.105. The second-order valence-corrected chi connectivity index (χ2v) is 5.90. The van der Waals surface area contributed by atoms with Crippen LogP contribution in [-0.2, 0) is 9.53 Å². The molecule has 2 atom stereocenters. The summed E-state index contributed by atoms with van der Waals surface area (Å²) in [6.45, 7) is 4.63. The molecule has 1 aromatic rings. The number of rotatable bonds is 4. The number of halogens is 3. The van der Waals surface area contributed by atoms with Gasteiger partial charge in [0.25, 0.3) is 0 Å². The number of hydrogen-bond acceptors (Lipinski definition) is 3. The summed E-state index contributed by atoms with van der Waals surface area (Å²) in [4.78, 5) is 11.5. The minimum Gasteiger partial charge on any atom is -0.372 e. The van der Waals surface area contributed by atoms with Crippen molar-refractivity contribution in [3.63, 3.8) is 0 Å². The van der Waals surface area contributed by atoms with Crippen LogP contribution in [0.1, 0.15) is 25.0 Å². The quantitative estimate of drug-likeness (QED) is 0.859. The first kappa shape index (κ1) is 19.5. The molecule has 2 N–H and O–H groups in total. The van der Waals surface area contributed by atoms with E-state index in [9.17, 15) is 4.79 Å². The van der Waals surface area contributed by atoms with E-state index in [0.29, 0.717) is 29.6 Å². The number of carbonyl (C=O) groups is 1. The van der Waals surface area contributed by atoms with Gasteiger partial charge in [-0.3, -0.25) is 4.79 Å². The summed E-state index contributed by atoms with van der Waals surface area (Å²) in [7, 11) is 0. The Hall–Kier alpha value is -0.520. The molecule has 0 radical (unpaired) electrons. The van der Waals surface area contributed by atoms with Gasteiger partial charge in [-0.15, -0.1) is 12.4 Å². The highest BCUT2D eigenvalue weighted by Crippen LogP contribution is 2.31. The van der Waals surface area contributed by atoms with Crippen LogP contribution in [0.5, 0.6) is 0 Å². The first-order valence-electron chi connectivity index (χ1n) is 7.15. The molecule has 1 heterocycles. The van der Waals surface area contributed by atoms with Gasteiger partial charge in [-0.25, -0.2) is 0 Å². The monoisotopic (exact) mass is 366 g/mol. The van der Waals surface area contributed by atoms with Gasteiger partial charge in [0, 0.05) is 32.0 Å². The molecular formula is C15H21Cl3N2O2. The lowest BCUT2D eigenvalue weighted by molar-refractivity contribution is -0.121. The Morgan fingerprint density at radius 2 is 2.18 bits per heavy atom. The van der Waals surface area contributed by atoms with Gasteiger partial charge < -0.3 is 15.4 Å². The van der Waals surface area contributed by atoms with E-state index in [1.54, 1.807) is 6.07 Å². The Morgan fingerprint density at radius 3 is 2.86 bits per heavy atom. The normalized spacial score (nSPS) is 21.6. The molecule has 2 rings (SSSR count). The molecule has 1 amide bonds. The Morgan fingerprint density at radius 1 is 1.41 bits per heavy atom. The van der Waals surface area contributed by atoms with Crippen molar-refractivity contribution in [2.24, 2.45) is 5.92 Å². The van der Waals surface area contributed by atoms with Crippen LogP contribution in [0.15, 0.2) is 18.2 Å². The molecule has 7 heteroatoms. The molecule has 4 nitrogen and oxygen atoms in total. The fourth-order valence-electron chi connectivity index (χ4n) is 2.40. The van der Waals surface area contributed by atoms with Gasteiger partial charge in [0.2, 0.25) is 5.91 Å². The third kappa shape index (κ3) is 5.28. The summed E-state index contributed by atoms with van der Waals surface area (Å²) in [6.07, 6.45) is 0.380. The van der Waals surface area contributed by atoms with Gasteiger partial charge >= 0.3 is 0 Å². The zero-order chi connectivity index (χ0) is 15.2. The predicted molar refractivity (Wildman–Crippen MR) is 92.1 cm³/mol. The maximum absolute atomic E-state index is 11.5. The summed E-state index contributed by atoms with van der Waals surface area (Å²) < 4.78 is 5.95. The van der Waals surface area contributed by atoms with Crippen LogP contribution < -0.4 is 10.6 Å². The molecule has 124 valence electrons. The van der Waals surface area contributed by atoms with Crippen LogP contribution in [0.3, 0.4) is 0 Å². The van der Waals surface area contributed by atoms with Gasteiger partial charge in [-0.05, 0) is 17.7 Å². The van der Waals surface area contributed by atoms with Crippen LogP contribution in [0, 0.1) is 5.92 Å². The highest BCUT2D eigenvalue weighted by atomic mass is 35.5. The minimum absolute atomic E-state index is 0. The molecule has 1 aromatic carbocycles. The molecular weight excluding hydrogens is 347 g/mol. The van der Waals surface area contributed by atoms with Gasteiger partial charge in [0.05, 0.1) is 22.8 Å². The van der Waals surface area contributed by atoms with Crippen molar-refractivity contribution in [3.8, 4) is 0 Å². The second-order valence-electron chi connectivity index (χ2n) is 5.09. The Labute approximate surface area is 147 Å². The first-order valence-corrected chi connectivity index (χ1v) is 7.91. The summed E-state index contributed by atoms with van der Waals surface area (Å²) in [5.74, 6) is 0.201. The maximum Gasteiger partial charge on any atom is 0.219 e. The fraction of sp³-hybridized carbons (Fsp3) is 0.533. The number of amides is 1. The van der Waals surface area contributed by atoms with E-state index < -0.39 is 0 Å². The summed E-state index contributed by atoms with van der Waals surface area (Å²) in [5, 5.41) is 7.32. The van der Waals surface area contributed by atoms with E-state index >= 15 is 0 Å². The van der Waals surface area contributed by atoms with Gasteiger partial charge in [-0.1, -0.05) is 36.2 Å². The Balaban J connectivity index is 0.00000242. The molecule has 1 saturated heterocycles. The molecule has 1 aliphatic heterocycles. The number of ether oxygens (including phenoxy) is 1. The van der Waals surface area contributed by atoms with Crippen molar-refractivity contribution in [1.82, 2.24) is 10.6 Å². The van der Waals surface area contributed by atoms with Crippen molar-refractivity contribution < 1.29 is 9.53 Å². The molecule has 1 aliphatic rings. The SMILES string of the molecule is CCC(=O)NC[C@@H]1CNCCO[C@H]1c1ccc(Cl)c(Cl)c1.Cl. The van der Waals surface area contributed by atoms with Crippen molar-refractivity contribution >= 4 is 41.5 Å². The number of nitrogens with one attached hydrogen (secondary N) is 2. The van der Waals surface area contributed by atoms with Crippen molar-refractivity contribution in [3.05, 3.63) is 33.8 Å². The maximum atomic E-state index is 11.5. The van der Waals surface area contributed by atoms with Gasteiger partial charge in [-0.2, -0.15) is 0 Å². The standard InChI is InChI=1S/C15H20Cl2N2O2.ClH/c1-2-14(20)19-9-11-8-18-5-6-21-15(11)10-3-4-12(16)13(17)7-10;/h3-4,7,11,15,18H,2,5-6,8-9H2,1H3,(H,19,20);1H/t11-,15-;/m0./s1. The molecule has 1 fully saturated rings. The lowest BCUT2D eigenvalue weighted by Crippen LogP contribution is -2.36. The number of benzene rings is 1. The third-order valence-electron chi connectivity index (χ3n) is 3.57. The highest BCUT2D eigenvalue weighted by Gasteiger charge is 2.26. The zero-order valence-electron chi connectivity index (χ0n) is 12.4. The average Bonchev–Trinajstić information content (AvgIpc) is 2.73. The lowest BCUT2D eigenvalue weighted by atomic mass is 9.95. The molecule has 0 aromatic heterocycles. The van der Waals surface area contributed by atoms with Crippen molar-refractivity contribution in [2.75, 3.05) is 26.2 Å². The van der Waals surface area contributed by atoms with Gasteiger partial charge in [0.1, 0.15) is 0 Å². The van der Waals surface area contributed by atoms with E-state index in [1.165, 1.54) is 0 Å². The van der Waals surface area contributed by atoms with Crippen molar-refractivity contribution in [1.29, 1.82) is 0 Å². The Bertz CT molecular complexity index is 500. The van der Waals surface area contributed by atoms with E-state index in [1.807, 2.05) is 19.1 Å². The summed E-state index contributed by atoms with van der Waals surface area (Å²) >= 11 is 12.1. The molecule has 0 spiro atoms. The molecule has 0 bridgehead atoms. The molecule has 0 aliphatic carbocycles. The number of carbonyl (C=O) groups excluding carboxylic acids is 1. The topological polar surface area (TPSA) is 50.4 Å². The molecule has 22 heavy (non-hydrogen) atoms. The summed E-state index contributed by atoms with van der Waals surface area (Å²) in [5.41, 5.74) is 0.990. The van der Waals surface area contributed by atoms with Crippen LogP contribution in [0.4, 0.5) is 0 Å². The number of hydrogen-bond donors (Lipinski definition) is 2. The van der Waals surface area contributed by atoms with Crippen LogP contribution in [0.2, 0.25) is 10.0 Å². The first-order chi connectivity index (χ1) is 10.1. The van der Waals surface area contributed by atoms with Crippen LogP contribution >= 0.6 is 35.6 Å². The summed E-state index contributed by atoms with van der Waals surface area (Å²) in [6, 6.07) is 5.55. The largest absolute Gasteiger partial charge is 0.372 e. The Kier molecular flexibility index (Phi) is 8.50. The van der Waals surface area contributed by atoms with Crippen molar-refractivity contribution in [2.45, 2.75) is 19.4 Å². The molecule has 0 unspecified atom stereocenters. The highest BCUT2D eigenvalue weighted by molar-refractivity contribution is 6.42. The predicted octanol–water partition coefficient (Wildman–Crippen LogP) is 3.22. The third-order valence-corrected chi connectivity index (χ3v) is 4.30. The smallest absolute Gasteiger partial charge is 0.219 e. The van der Waals surface area contributed by atoms with E-state index in [2.05, 4.69) is 10.6 Å². The van der Waals surface area contributed by atoms with Crippen LogP contribution in [0.25, 0.3) is 0 Å². The van der Waals surface area contributed by atoms with E-state index in [4.69, 9.17) is 27.9 Å². The molecule has 0 saturated carbocycles.